The summed E-state index contributed by atoms with van der Waals surface area (Å²) in [5.41, 5.74) is 5.34. The molecule has 3 atom stereocenters. The first kappa shape index (κ1) is 57.4. The Hall–Kier alpha value is -2.56. The third-order valence-electron chi connectivity index (χ3n) is 10.1. The van der Waals surface area contributed by atoms with Gasteiger partial charge in [0.15, 0.2) is 6.10 Å². The molecule has 0 spiro atoms. The summed E-state index contributed by atoms with van der Waals surface area (Å²) in [5.74, 6) is -2.41. The first-order valence-electron chi connectivity index (χ1n) is 23.7. The maximum Gasteiger partial charge on any atom is 0.472 e. The van der Waals surface area contributed by atoms with E-state index in [0.717, 1.165) is 57.8 Å². The Morgan fingerprint density at radius 2 is 0.883 bits per heavy atom. The second-order valence-corrected chi connectivity index (χ2v) is 17.3. The van der Waals surface area contributed by atoms with E-state index in [1.54, 1.807) is 0 Å². The predicted molar refractivity (Wildman–Crippen MR) is 245 cm³/mol. The number of ether oxygens (including phenoxy) is 2. The SMILES string of the molecule is CCCCC/C=C/C/C=C/C/C=C/C/C=C/CCCCCC(=O)OC[C@H](COP(=O)(O)OC[C@H](N)C(=O)O)OC(=O)CCCCCCCCCCCCCCCCCCC. The van der Waals surface area contributed by atoms with Crippen LogP contribution in [-0.4, -0.2) is 59.9 Å². The molecule has 0 aromatic heterocycles. The summed E-state index contributed by atoms with van der Waals surface area (Å²) in [5, 5.41) is 8.90. The molecular weight excluding hydrogens is 781 g/mol. The lowest BCUT2D eigenvalue weighted by Crippen LogP contribution is -2.34. The Labute approximate surface area is 365 Å². The lowest BCUT2D eigenvalue weighted by Gasteiger charge is -2.20. The molecule has 348 valence electrons. The van der Waals surface area contributed by atoms with Crippen LogP contribution in [-0.2, 0) is 37.5 Å². The Morgan fingerprint density at radius 1 is 0.517 bits per heavy atom. The molecule has 0 aliphatic carbocycles. The molecule has 0 saturated heterocycles. The van der Waals surface area contributed by atoms with Crippen molar-refractivity contribution in [2.45, 2.75) is 219 Å². The van der Waals surface area contributed by atoms with Crippen molar-refractivity contribution in [3.8, 4) is 0 Å². The zero-order valence-electron chi connectivity index (χ0n) is 37.8. The van der Waals surface area contributed by atoms with Crippen molar-refractivity contribution in [3.05, 3.63) is 48.6 Å². The van der Waals surface area contributed by atoms with Gasteiger partial charge < -0.3 is 25.2 Å². The highest BCUT2D eigenvalue weighted by atomic mass is 31.2. The summed E-state index contributed by atoms with van der Waals surface area (Å²) in [6.45, 7) is 2.76. The van der Waals surface area contributed by atoms with Gasteiger partial charge in [-0.15, -0.1) is 0 Å². The predicted octanol–water partition coefficient (Wildman–Crippen LogP) is 13.0. The second kappa shape index (κ2) is 43.1. The summed E-state index contributed by atoms with van der Waals surface area (Å²) >= 11 is 0. The maximum absolute atomic E-state index is 12.7. The van der Waals surface area contributed by atoms with Crippen molar-refractivity contribution in [2.24, 2.45) is 5.73 Å². The number of hydrogen-bond acceptors (Lipinski definition) is 9. The zero-order valence-corrected chi connectivity index (χ0v) is 38.7. The van der Waals surface area contributed by atoms with Crippen molar-refractivity contribution >= 4 is 25.7 Å². The van der Waals surface area contributed by atoms with E-state index in [1.165, 1.54) is 109 Å². The molecular formula is C48H86NO10P. The van der Waals surface area contributed by atoms with Crippen LogP contribution in [0.2, 0.25) is 0 Å². The molecule has 0 bridgehead atoms. The Balaban J connectivity index is 4.36. The van der Waals surface area contributed by atoms with Crippen LogP contribution in [0, 0.1) is 0 Å². The van der Waals surface area contributed by atoms with Crippen LogP contribution in [0.15, 0.2) is 48.6 Å². The highest BCUT2D eigenvalue weighted by Crippen LogP contribution is 2.43. The number of carbonyl (C=O) groups is 3. The molecule has 12 heteroatoms. The lowest BCUT2D eigenvalue weighted by molar-refractivity contribution is -0.161. The minimum absolute atomic E-state index is 0.156. The van der Waals surface area contributed by atoms with Gasteiger partial charge in [-0.3, -0.25) is 23.4 Å². The molecule has 11 nitrogen and oxygen atoms in total. The molecule has 0 heterocycles. The average molecular weight is 868 g/mol. The molecule has 0 radical (unpaired) electrons. The second-order valence-electron chi connectivity index (χ2n) is 15.9. The van der Waals surface area contributed by atoms with E-state index < -0.39 is 51.1 Å². The highest BCUT2D eigenvalue weighted by Gasteiger charge is 2.28. The fourth-order valence-electron chi connectivity index (χ4n) is 6.34. The van der Waals surface area contributed by atoms with Crippen LogP contribution < -0.4 is 5.73 Å². The summed E-state index contributed by atoms with van der Waals surface area (Å²) < 4.78 is 32.7. The number of carbonyl (C=O) groups excluding carboxylic acids is 2. The maximum atomic E-state index is 12.7. The number of rotatable bonds is 44. The van der Waals surface area contributed by atoms with Crippen LogP contribution in [0.4, 0.5) is 0 Å². The van der Waals surface area contributed by atoms with Gasteiger partial charge in [0.1, 0.15) is 12.6 Å². The monoisotopic (exact) mass is 868 g/mol. The minimum Gasteiger partial charge on any atom is -0.480 e. The van der Waals surface area contributed by atoms with Crippen molar-refractivity contribution in [3.63, 3.8) is 0 Å². The van der Waals surface area contributed by atoms with E-state index in [9.17, 15) is 23.8 Å². The molecule has 0 aromatic rings. The van der Waals surface area contributed by atoms with Crippen molar-refractivity contribution in [2.75, 3.05) is 19.8 Å². The van der Waals surface area contributed by atoms with Crippen LogP contribution in [0.1, 0.15) is 206 Å². The van der Waals surface area contributed by atoms with Gasteiger partial charge >= 0.3 is 25.7 Å². The number of unbranched alkanes of at least 4 members (excludes halogenated alkanes) is 22. The fourth-order valence-corrected chi connectivity index (χ4v) is 7.12. The van der Waals surface area contributed by atoms with Crippen LogP contribution >= 0.6 is 7.82 Å². The van der Waals surface area contributed by atoms with Gasteiger partial charge in [0.25, 0.3) is 0 Å². The molecule has 4 N–H and O–H groups in total. The Bertz CT molecular complexity index is 1200. The molecule has 60 heavy (non-hydrogen) atoms. The first-order chi connectivity index (χ1) is 29.1. The fraction of sp³-hybridized carbons (Fsp3) is 0.771. The van der Waals surface area contributed by atoms with E-state index in [2.05, 4.69) is 67.0 Å². The Kier molecular flexibility index (Phi) is 41.3. The third-order valence-corrected chi connectivity index (χ3v) is 11.0. The summed E-state index contributed by atoms with van der Waals surface area (Å²) in [6, 6.07) is -1.53. The highest BCUT2D eigenvalue weighted by molar-refractivity contribution is 7.47. The minimum atomic E-state index is -4.73. The number of phosphoric acid groups is 1. The largest absolute Gasteiger partial charge is 0.480 e. The van der Waals surface area contributed by atoms with Gasteiger partial charge in [-0.1, -0.05) is 184 Å². The number of allylic oxidation sites excluding steroid dienone is 8. The molecule has 0 saturated carbocycles. The van der Waals surface area contributed by atoms with Gasteiger partial charge in [-0.05, 0) is 57.8 Å². The number of carboxylic acid groups (broad SMARTS) is 1. The molecule has 0 fully saturated rings. The number of hydrogen-bond donors (Lipinski definition) is 3. The lowest BCUT2D eigenvalue weighted by atomic mass is 10.0. The normalized spacial score (nSPS) is 14.1. The number of esters is 2. The molecule has 1 unspecified atom stereocenters. The number of aliphatic carboxylic acids is 1. The van der Waals surface area contributed by atoms with Crippen LogP contribution in [0.25, 0.3) is 0 Å². The van der Waals surface area contributed by atoms with Gasteiger partial charge in [-0.25, -0.2) is 4.57 Å². The van der Waals surface area contributed by atoms with Gasteiger partial charge in [0, 0.05) is 12.8 Å². The average Bonchev–Trinajstić information content (AvgIpc) is 3.22. The molecule has 0 aliphatic heterocycles. The number of nitrogens with two attached hydrogens (primary N) is 1. The quantitative estimate of drug-likeness (QED) is 0.0230. The van der Waals surface area contributed by atoms with Gasteiger partial charge in [0.05, 0.1) is 13.2 Å². The van der Waals surface area contributed by atoms with E-state index in [-0.39, 0.29) is 19.4 Å². The molecule has 0 aliphatic rings. The van der Waals surface area contributed by atoms with Crippen LogP contribution in [0.5, 0.6) is 0 Å². The molecule has 0 rings (SSSR count). The van der Waals surface area contributed by atoms with Crippen LogP contribution in [0.3, 0.4) is 0 Å². The van der Waals surface area contributed by atoms with Crippen molar-refractivity contribution in [1.82, 2.24) is 0 Å². The van der Waals surface area contributed by atoms with E-state index in [0.29, 0.717) is 12.8 Å². The van der Waals surface area contributed by atoms with Gasteiger partial charge in [-0.2, -0.15) is 0 Å². The van der Waals surface area contributed by atoms with Crippen molar-refractivity contribution in [1.29, 1.82) is 0 Å². The molecule has 0 amide bonds. The topological polar surface area (TPSA) is 172 Å². The summed E-state index contributed by atoms with van der Waals surface area (Å²) in [4.78, 5) is 46.1. The zero-order chi connectivity index (χ0) is 44.2. The van der Waals surface area contributed by atoms with E-state index in [1.807, 2.05) is 0 Å². The first-order valence-corrected chi connectivity index (χ1v) is 25.2. The number of carboxylic acids is 1. The smallest absolute Gasteiger partial charge is 0.472 e. The Morgan fingerprint density at radius 3 is 1.35 bits per heavy atom. The third kappa shape index (κ3) is 42.1. The molecule has 0 aromatic carbocycles. The summed E-state index contributed by atoms with van der Waals surface area (Å²) in [6.07, 6.45) is 48.8. The van der Waals surface area contributed by atoms with Gasteiger partial charge in [0.2, 0.25) is 0 Å². The summed E-state index contributed by atoms with van der Waals surface area (Å²) in [7, 11) is -4.73. The van der Waals surface area contributed by atoms with Crippen molar-refractivity contribution < 1.29 is 47.5 Å². The van der Waals surface area contributed by atoms with E-state index in [4.69, 9.17) is 24.8 Å². The number of phosphoric ester groups is 1. The van der Waals surface area contributed by atoms with E-state index >= 15 is 0 Å². The standard InChI is InChI=1S/C48H86NO10P/c1-3-5-7-9-11-13-15-17-19-21-22-24-25-27-29-31-33-35-37-39-46(50)56-41-44(42-57-60(54,55)58-43-45(49)48(52)53)59-47(51)40-38-36-34-32-30-28-26-23-20-18-16-14-12-10-8-6-4-2/h11,13,17,19,22,24,27,29,44-45H,3-10,12,14-16,18,20-21,23,25-26,28,30-43,49H2,1-2H3,(H,52,53)(H,54,55)/b13-11+,19-17+,24-22+,29-27+/t44-,45+/m1/s1.